The molecule has 0 aromatic heterocycles. The number of alkyl halides is 9. The van der Waals surface area contributed by atoms with Gasteiger partial charge in [0.05, 0.1) is 6.10 Å². The van der Waals surface area contributed by atoms with Gasteiger partial charge in [0.1, 0.15) is 0 Å². The molecule has 0 amide bonds. The molecule has 1 unspecified atom stereocenters. The quantitative estimate of drug-likeness (QED) is 0.138. The average Bonchev–Trinajstić information content (AvgIpc) is 2.57. The second-order valence-corrected chi connectivity index (χ2v) is 8.23. The maximum Gasteiger partial charge on any atom is 0.460 e. The Morgan fingerprint density at radius 3 is 1.76 bits per heavy atom. The van der Waals surface area contributed by atoms with Crippen molar-refractivity contribution >= 4 is 22.6 Å². The molecule has 1 N–H and O–H groups in total. The van der Waals surface area contributed by atoms with Gasteiger partial charge in [-0.2, -0.15) is 39.5 Å². The SMILES string of the molecule is CCCCCCC(O)/C(CCCC)=C(/I)CC(F)(F)C(F)(F)C(F)(F)C(F)(F)F. The summed E-state index contributed by atoms with van der Waals surface area (Å²) in [6.45, 7) is 3.70. The Labute approximate surface area is 178 Å². The van der Waals surface area contributed by atoms with E-state index in [0.717, 1.165) is 19.3 Å². The van der Waals surface area contributed by atoms with E-state index >= 15 is 0 Å². The second kappa shape index (κ2) is 11.4. The molecule has 0 aromatic rings. The molecule has 1 nitrogen and oxygen atoms in total. The van der Waals surface area contributed by atoms with E-state index in [4.69, 9.17) is 0 Å². The summed E-state index contributed by atoms with van der Waals surface area (Å²) in [5.74, 6) is -19.2. The highest BCUT2D eigenvalue weighted by Gasteiger charge is 2.81. The lowest BCUT2D eigenvalue weighted by molar-refractivity contribution is -0.395. The molecule has 0 radical (unpaired) electrons. The molecule has 0 aliphatic carbocycles. The molecule has 0 bridgehead atoms. The molecule has 0 rings (SSSR count). The van der Waals surface area contributed by atoms with Gasteiger partial charge in [-0.3, -0.25) is 0 Å². The first-order chi connectivity index (χ1) is 13.1. The predicted octanol–water partition coefficient (Wildman–Crippen LogP) is 8.06. The Balaban J connectivity index is 5.69. The van der Waals surface area contributed by atoms with E-state index in [0.29, 0.717) is 19.3 Å². The van der Waals surface area contributed by atoms with Crippen LogP contribution in [0.3, 0.4) is 0 Å². The molecule has 0 heterocycles. The Morgan fingerprint density at radius 2 is 1.31 bits per heavy atom. The number of aliphatic hydroxyl groups is 1. The van der Waals surface area contributed by atoms with E-state index in [1.807, 2.05) is 6.92 Å². The van der Waals surface area contributed by atoms with Gasteiger partial charge in [0.2, 0.25) is 0 Å². The van der Waals surface area contributed by atoms with Crippen LogP contribution in [0.15, 0.2) is 9.15 Å². The fourth-order valence-corrected chi connectivity index (χ4v) is 3.72. The van der Waals surface area contributed by atoms with Crippen LogP contribution in [0.2, 0.25) is 0 Å². The van der Waals surface area contributed by atoms with Gasteiger partial charge in [0.25, 0.3) is 0 Å². The van der Waals surface area contributed by atoms with Gasteiger partial charge in [0, 0.05) is 6.42 Å². The predicted molar refractivity (Wildman–Crippen MR) is 101 cm³/mol. The molecular weight excluding hydrogens is 530 g/mol. The van der Waals surface area contributed by atoms with Crippen LogP contribution in [0.1, 0.15) is 71.6 Å². The standard InChI is InChI=1S/C18H26F9IO/c1-3-5-7-8-10-14(29)12(9-6-4-2)13(28)11-15(19,20)16(21,22)17(23,24)18(25,26)27/h14,29H,3-11H2,1-2H3/b13-12+. The first-order valence-electron chi connectivity index (χ1n) is 9.32. The van der Waals surface area contributed by atoms with Gasteiger partial charge in [-0.15, -0.1) is 0 Å². The van der Waals surface area contributed by atoms with E-state index in [1.165, 1.54) is 22.6 Å². The minimum atomic E-state index is -6.90. The van der Waals surface area contributed by atoms with Crippen LogP contribution in [0.5, 0.6) is 0 Å². The van der Waals surface area contributed by atoms with Crippen LogP contribution in [0.25, 0.3) is 0 Å². The summed E-state index contributed by atoms with van der Waals surface area (Å²) < 4.78 is 117. The van der Waals surface area contributed by atoms with Crippen LogP contribution in [0, 0.1) is 0 Å². The van der Waals surface area contributed by atoms with Gasteiger partial charge in [0.15, 0.2) is 0 Å². The monoisotopic (exact) mass is 556 g/mol. The van der Waals surface area contributed by atoms with Crippen molar-refractivity contribution < 1.29 is 44.6 Å². The van der Waals surface area contributed by atoms with Crippen LogP contribution >= 0.6 is 22.6 Å². The smallest absolute Gasteiger partial charge is 0.389 e. The summed E-state index contributed by atoms with van der Waals surface area (Å²) in [6, 6.07) is 0. The molecule has 11 heteroatoms. The summed E-state index contributed by atoms with van der Waals surface area (Å²) in [5, 5.41) is 10.3. The molecule has 0 aromatic carbocycles. The van der Waals surface area contributed by atoms with E-state index in [9.17, 15) is 44.6 Å². The Morgan fingerprint density at radius 1 is 0.793 bits per heavy atom. The van der Waals surface area contributed by atoms with E-state index in [-0.39, 0.29) is 18.4 Å². The highest BCUT2D eigenvalue weighted by atomic mass is 127. The number of hydrogen-bond donors (Lipinski definition) is 1. The topological polar surface area (TPSA) is 20.2 Å². The number of hydrogen-bond acceptors (Lipinski definition) is 1. The number of rotatable bonds is 13. The average molecular weight is 556 g/mol. The van der Waals surface area contributed by atoms with Crippen molar-refractivity contribution in [1.29, 1.82) is 0 Å². The van der Waals surface area contributed by atoms with Crippen LogP contribution in [-0.2, 0) is 0 Å². The summed E-state index contributed by atoms with van der Waals surface area (Å²) in [6.07, 6.45) is -5.84. The van der Waals surface area contributed by atoms with Crippen molar-refractivity contribution in [3.8, 4) is 0 Å². The first-order valence-corrected chi connectivity index (χ1v) is 10.4. The van der Waals surface area contributed by atoms with Crippen molar-refractivity contribution in [2.75, 3.05) is 0 Å². The fraction of sp³-hybridized carbons (Fsp3) is 0.889. The van der Waals surface area contributed by atoms with E-state index < -0.39 is 40.0 Å². The lowest BCUT2D eigenvalue weighted by Gasteiger charge is -2.34. The third kappa shape index (κ3) is 7.46. The molecule has 0 spiro atoms. The third-order valence-corrected chi connectivity index (χ3v) is 5.54. The number of aliphatic hydroxyl groups excluding tert-OH is 1. The fourth-order valence-electron chi connectivity index (χ4n) is 2.62. The Hall–Kier alpha value is -0.200. The molecular formula is C18H26F9IO. The molecule has 0 aliphatic heterocycles. The Bertz CT molecular complexity index is 530. The van der Waals surface area contributed by atoms with Crippen molar-refractivity contribution in [3.63, 3.8) is 0 Å². The van der Waals surface area contributed by atoms with Gasteiger partial charge < -0.3 is 5.11 Å². The van der Waals surface area contributed by atoms with Crippen molar-refractivity contribution in [3.05, 3.63) is 9.15 Å². The summed E-state index contributed by atoms with van der Waals surface area (Å²) in [4.78, 5) is 0. The minimum Gasteiger partial charge on any atom is -0.389 e. The normalized spacial score (nSPS) is 16.0. The first kappa shape index (κ1) is 28.8. The second-order valence-electron chi connectivity index (χ2n) is 6.93. The largest absolute Gasteiger partial charge is 0.460 e. The molecule has 0 aliphatic rings. The highest BCUT2D eigenvalue weighted by Crippen LogP contribution is 2.55. The van der Waals surface area contributed by atoms with Crippen LogP contribution in [0.4, 0.5) is 39.5 Å². The van der Waals surface area contributed by atoms with Crippen molar-refractivity contribution in [2.45, 2.75) is 102 Å². The zero-order chi connectivity index (χ0) is 23.1. The van der Waals surface area contributed by atoms with E-state index in [1.54, 1.807) is 6.92 Å². The molecule has 0 saturated carbocycles. The lowest BCUT2D eigenvalue weighted by Crippen LogP contribution is -2.60. The molecule has 0 fully saturated rings. The van der Waals surface area contributed by atoms with Crippen molar-refractivity contribution in [2.24, 2.45) is 0 Å². The van der Waals surface area contributed by atoms with Gasteiger partial charge in [-0.1, -0.05) is 46.0 Å². The molecule has 1 atom stereocenters. The molecule has 0 saturated heterocycles. The zero-order valence-corrected chi connectivity index (χ0v) is 18.3. The highest BCUT2D eigenvalue weighted by molar-refractivity contribution is 14.1. The van der Waals surface area contributed by atoms with Gasteiger partial charge in [-0.05, 0) is 51.0 Å². The molecule has 29 heavy (non-hydrogen) atoms. The van der Waals surface area contributed by atoms with Crippen LogP contribution < -0.4 is 0 Å². The maximum absolute atomic E-state index is 13.9. The third-order valence-electron chi connectivity index (χ3n) is 4.47. The van der Waals surface area contributed by atoms with Crippen molar-refractivity contribution in [1.82, 2.24) is 0 Å². The summed E-state index contributed by atoms with van der Waals surface area (Å²) in [7, 11) is 0. The van der Waals surface area contributed by atoms with Gasteiger partial charge in [-0.25, -0.2) is 0 Å². The number of unbranched alkanes of at least 4 members (excludes halogenated alkanes) is 4. The maximum atomic E-state index is 13.9. The molecule has 174 valence electrons. The summed E-state index contributed by atoms with van der Waals surface area (Å²) >= 11 is 1.22. The number of halogens is 10. The Kier molecular flexibility index (Phi) is 11.3. The number of allylic oxidation sites excluding steroid dienone is 1. The van der Waals surface area contributed by atoms with E-state index in [2.05, 4.69) is 0 Å². The minimum absolute atomic E-state index is 0.0188. The zero-order valence-electron chi connectivity index (χ0n) is 16.2. The van der Waals surface area contributed by atoms with Gasteiger partial charge >= 0.3 is 23.9 Å². The lowest BCUT2D eigenvalue weighted by atomic mass is 9.94. The van der Waals surface area contributed by atoms with Crippen LogP contribution in [-0.4, -0.2) is 35.2 Å². The summed E-state index contributed by atoms with van der Waals surface area (Å²) in [5.41, 5.74) is -0.0188.